The average Bonchev–Trinajstić information content (AvgIpc) is 3.22. The fourth-order valence-electron chi connectivity index (χ4n) is 5.08. The molecular formula is C25H25N3O5. The molecule has 1 atom stereocenters. The molecule has 0 saturated carbocycles. The highest BCUT2D eigenvalue weighted by atomic mass is 16.5. The smallest absolute Gasteiger partial charge is 0.296 e. The fraction of sp³-hybridized carbons (Fsp3) is 0.320. The summed E-state index contributed by atoms with van der Waals surface area (Å²) in [6, 6.07) is 15.7. The number of anilines is 1. The Bertz CT molecular complexity index is 1160. The lowest BCUT2D eigenvalue weighted by Gasteiger charge is -2.36. The van der Waals surface area contributed by atoms with Gasteiger partial charge in [-0.1, -0.05) is 48.5 Å². The lowest BCUT2D eigenvalue weighted by molar-refractivity contribution is -0.144. The summed E-state index contributed by atoms with van der Waals surface area (Å²) in [6.45, 7) is 3.29. The first-order valence-corrected chi connectivity index (χ1v) is 11.0. The van der Waals surface area contributed by atoms with Gasteiger partial charge in [-0.15, -0.1) is 0 Å². The van der Waals surface area contributed by atoms with E-state index in [2.05, 4.69) is 4.90 Å². The molecule has 0 aromatic heterocycles. The molecule has 1 spiro atoms. The predicted molar refractivity (Wildman–Crippen MR) is 121 cm³/mol. The van der Waals surface area contributed by atoms with E-state index < -0.39 is 23.1 Å². The molecular weight excluding hydrogens is 422 g/mol. The molecule has 2 aromatic carbocycles. The number of aliphatic hydroxyl groups is 1. The fourth-order valence-corrected chi connectivity index (χ4v) is 5.08. The second-order valence-corrected chi connectivity index (χ2v) is 8.42. The normalized spacial score (nSPS) is 24.7. The number of carbonyl (C=O) groups excluding carboxylic acids is 3. The number of ether oxygens (including phenoxy) is 1. The molecule has 1 N–H and O–H groups in total. The summed E-state index contributed by atoms with van der Waals surface area (Å²) < 4.78 is 5.40. The molecule has 170 valence electrons. The van der Waals surface area contributed by atoms with Crippen LogP contribution in [0.2, 0.25) is 0 Å². The number of likely N-dealkylation sites (tertiary alicyclic amines) is 1. The summed E-state index contributed by atoms with van der Waals surface area (Å²) in [7, 11) is 1.63. The van der Waals surface area contributed by atoms with Crippen LogP contribution in [-0.2, 0) is 24.7 Å². The number of morpholine rings is 1. The lowest BCUT2D eigenvalue weighted by atomic mass is 9.82. The van der Waals surface area contributed by atoms with Crippen LogP contribution >= 0.6 is 0 Å². The zero-order valence-electron chi connectivity index (χ0n) is 18.4. The predicted octanol–water partition coefficient (Wildman–Crippen LogP) is 1.57. The Morgan fingerprint density at radius 1 is 0.970 bits per heavy atom. The third-order valence-corrected chi connectivity index (χ3v) is 6.73. The minimum Gasteiger partial charge on any atom is -0.507 e. The molecule has 8 nitrogen and oxygen atoms in total. The molecule has 33 heavy (non-hydrogen) atoms. The number of fused-ring (bicyclic) bond motifs is 2. The average molecular weight is 447 g/mol. The Labute approximate surface area is 191 Å². The highest BCUT2D eigenvalue weighted by Crippen LogP contribution is 2.53. The van der Waals surface area contributed by atoms with Gasteiger partial charge in [0.1, 0.15) is 5.76 Å². The van der Waals surface area contributed by atoms with Crippen LogP contribution in [-0.4, -0.2) is 78.9 Å². The summed E-state index contributed by atoms with van der Waals surface area (Å²) in [5, 5.41) is 11.3. The quantitative estimate of drug-likeness (QED) is 0.435. The van der Waals surface area contributed by atoms with E-state index >= 15 is 0 Å². The third-order valence-electron chi connectivity index (χ3n) is 6.73. The molecule has 2 saturated heterocycles. The zero-order valence-corrected chi connectivity index (χ0v) is 18.4. The number of hydrogen-bond acceptors (Lipinski definition) is 6. The first kappa shape index (κ1) is 21.4. The van der Waals surface area contributed by atoms with Gasteiger partial charge in [0.25, 0.3) is 17.6 Å². The second-order valence-electron chi connectivity index (χ2n) is 8.42. The van der Waals surface area contributed by atoms with Gasteiger partial charge in [-0.05, 0) is 6.07 Å². The van der Waals surface area contributed by atoms with Crippen LogP contribution in [0.4, 0.5) is 5.69 Å². The van der Waals surface area contributed by atoms with Crippen molar-refractivity contribution in [2.24, 2.45) is 0 Å². The van der Waals surface area contributed by atoms with Crippen molar-refractivity contribution in [2.45, 2.75) is 5.54 Å². The van der Waals surface area contributed by atoms with Gasteiger partial charge in [-0.25, -0.2) is 0 Å². The first-order valence-electron chi connectivity index (χ1n) is 11.0. The molecule has 3 heterocycles. The van der Waals surface area contributed by atoms with E-state index in [4.69, 9.17) is 4.74 Å². The van der Waals surface area contributed by atoms with Gasteiger partial charge < -0.3 is 19.6 Å². The van der Waals surface area contributed by atoms with E-state index in [1.165, 1.54) is 9.80 Å². The number of likely N-dealkylation sites (N-methyl/N-ethyl adjacent to an activating group) is 1. The highest BCUT2D eigenvalue weighted by Gasteiger charge is 2.66. The number of nitrogens with zero attached hydrogens (tertiary/aromatic N) is 3. The number of amides is 2. The summed E-state index contributed by atoms with van der Waals surface area (Å²) in [4.78, 5) is 45.6. The number of carbonyl (C=O) groups is 3. The van der Waals surface area contributed by atoms with Crippen LogP contribution in [0, 0.1) is 0 Å². The molecule has 2 fully saturated rings. The number of rotatable bonds is 4. The Hall–Kier alpha value is -3.49. The minimum absolute atomic E-state index is 0.171. The number of Topliss-reactive ketones (excluding diaryl/α,β-unsaturated/α-hetero) is 1. The molecule has 5 rings (SSSR count). The monoisotopic (exact) mass is 447 g/mol. The number of hydrogen-bond donors (Lipinski definition) is 1. The van der Waals surface area contributed by atoms with Crippen molar-refractivity contribution in [3.05, 3.63) is 71.3 Å². The molecule has 0 unspecified atom stereocenters. The summed E-state index contributed by atoms with van der Waals surface area (Å²) in [5.41, 5.74) is -0.368. The van der Waals surface area contributed by atoms with Crippen LogP contribution in [0.25, 0.3) is 5.76 Å². The Balaban J connectivity index is 1.69. The van der Waals surface area contributed by atoms with Crippen LogP contribution in [0.1, 0.15) is 11.1 Å². The Morgan fingerprint density at radius 2 is 1.64 bits per heavy atom. The van der Waals surface area contributed by atoms with Crippen molar-refractivity contribution < 1.29 is 24.2 Å². The first-order chi connectivity index (χ1) is 16.0. The van der Waals surface area contributed by atoms with Crippen LogP contribution < -0.4 is 4.90 Å². The number of benzene rings is 2. The van der Waals surface area contributed by atoms with Gasteiger partial charge in [0.2, 0.25) is 0 Å². The lowest BCUT2D eigenvalue weighted by Crippen LogP contribution is -2.53. The van der Waals surface area contributed by atoms with Crippen molar-refractivity contribution in [3.63, 3.8) is 0 Å². The Morgan fingerprint density at radius 3 is 2.36 bits per heavy atom. The molecule has 0 aliphatic carbocycles. The van der Waals surface area contributed by atoms with E-state index in [0.29, 0.717) is 49.7 Å². The van der Waals surface area contributed by atoms with E-state index in [9.17, 15) is 19.5 Å². The number of ketones is 1. The number of aliphatic hydroxyl groups excluding tert-OH is 1. The van der Waals surface area contributed by atoms with Crippen molar-refractivity contribution >= 4 is 29.0 Å². The van der Waals surface area contributed by atoms with Crippen LogP contribution in [0.5, 0.6) is 0 Å². The molecule has 3 aliphatic rings. The Kier molecular flexibility index (Phi) is 5.26. The third kappa shape index (κ3) is 3.09. The summed E-state index contributed by atoms with van der Waals surface area (Å²) in [5.74, 6) is -2.40. The summed E-state index contributed by atoms with van der Waals surface area (Å²) >= 11 is 0. The van der Waals surface area contributed by atoms with Crippen molar-refractivity contribution in [1.29, 1.82) is 0 Å². The van der Waals surface area contributed by atoms with E-state index in [1.807, 2.05) is 0 Å². The van der Waals surface area contributed by atoms with Gasteiger partial charge in [0, 0.05) is 50.0 Å². The van der Waals surface area contributed by atoms with Crippen LogP contribution in [0.3, 0.4) is 0 Å². The van der Waals surface area contributed by atoms with Crippen molar-refractivity contribution in [2.75, 3.05) is 51.3 Å². The van der Waals surface area contributed by atoms with E-state index in [-0.39, 0.29) is 17.9 Å². The minimum atomic E-state index is -1.70. The van der Waals surface area contributed by atoms with Gasteiger partial charge in [-0.3, -0.25) is 19.3 Å². The molecule has 0 radical (unpaired) electrons. The van der Waals surface area contributed by atoms with Gasteiger partial charge in [-0.2, -0.15) is 0 Å². The van der Waals surface area contributed by atoms with Crippen molar-refractivity contribution in [1.82, 2.24) is 9.80 Å². The topological polar surface area (TPSA) is 90.4 Å². The van der Waals surface area contributed by atoms with Crippen LogP contribution in [0.15, 0.2) is 60.2 Å². The highest BCUT2D eigenvalue weighted by molar-refractivity contribution is 6.50. The molecule has 2 aromatic rings. The zero-order chi connectivity index (χ0) is 23.2. The second kappa shape index (κ2) is 8.13. The van der Waals surface area contributed by atoms with Crippen molar-refractivity contribution in [3.8, 4) is 0 Å². The molecule has 0 bridgehead atoms. The van der Waals surface area contributed by atoms with Gasteiger partial charge in [0.05, 0.1) is 18.8 Å². The SMILES string of the molecule is CN1C(=O)[C@@]2(C(=C(O)c3ccccc3)C(=O)C(=O)N2CCN2CCOCC2)c2ccccc21. The standard InChI is InChI=1S/C25H25N3O5/c1-26-19-10-6-5-9-18(19)25(24(26)32)20(21(29)17-7-3-2-4-8-17)22(30)23(31)28(25)12-11-27-13-15-33-16-14-27/h2-10,29H,11-16H2,1H3/t25-/m0/s1. The molecule has 2 amide bonds. The molecule has 8 heteroatoms. The van der Waals surface area contributed by atoms with Gasteiger partial charge in [0.15, 0.2) is 5.54 Å². The molecule has 3 aliphatic heterocycles. The maximum atomic E-state index is 13.9. The number of para-hydroxylation sites is 1. The largest absolute Gasteiger partial charge is 0.507 e. The maximum absolute atomic E-state index is 13.9. The maximum Gasteiger partial charge on any atom is 0.296 e. The van der Waals surface area contributed by atoms with E-state index in [0.717, 1.165) is 0 Å². The van der Waals surface area contributed by atoms with Gasteiger partial charge >= 0.3 is 0 Å². The summed E-state index contributed by atoms with van der Waals surface area (Å²) in [6.07, 6.45) is 0. The van der Waals surface area contributed by atoms with E-state index in [1.54, 1.807) is 61.6 Å².